The van der Waals surface area contributed by atoms with Crippen molar-refractivity contribution < 1.29 is 4.79 Å². The number of carbonyl (C=O) groups is 1. The van der Waals surface area contributed by atoms with Gasteiger partial charge in [0.05, 0.1) is 21.3 Å². The minimum Gasteiger partial charge on any atom is -0.307 e. The third kappa shape index (κ3) is 3.16. The number of amides is 1. The Balaban J connectivity index is 1.90. The van der Waals surface area contributed by atoms with Gasteiger partial charge in [0, 0.05) is 18.7 Å². The van der Waals surface area contributed by atoms with Gasteiger partial charge < -0.3 is 5.32 Å². The molecule has 0 unspecified atom stereocenters. The number of halogens is 2. The number of aromatic nitrogens is 2. The fourth-order valence-corrected chi connectivity index (χ4v) is 2.83. The summed E-state index contributed by atoms with van der Waals surface area (Å²) in [5.74, 6) is 0.246. The third-order valence-electron chi connectivity index (χ3n) is 3.74. The van der Waals surface area contributed by atoms with Crippen molar-refractivity contribution in [3.05, 3.63) is 69.7 Å². The van der Waals surface area contributed by atoms with Crippen LogP contribution in [0.25, 0.3) is 11.3 Å². The first-order valence-corrected chi connectivity index (χ1v) is 8.08. The molecule has 0 aliphatic heterocycles. The monoisotopic (exact) mass is 359 g/mol. The molecule has 3 aromatic rings. The average Bonchev–Trinajstić information content (AvgIpc) is 2.91. The van der Waals surface area contributed by atoms with Gasteiger partial charge in [-0.25, -0.2) is 0 Å². The molecule has 0 spiro atoms. The second-order valence-corrected chi connectivity index (χ2v) is 6.19. The van der Waals surface area contributed by atoms with Gasteiger partial charge in [0.15, 0.2) is 0 Å². The van der Waals surface area contributed by atoms with Crippen molar-refractivity contribution in [2.24, 2.45) is 7.05 Å². The zero-order valence-corrected chi connectivity index (χ0v) is 14.7. The molecule has 0 fully saturated rings. The van der Waals surface area contributed by atoms with Crippen molar-refractivity contribution in [2.45, 2.75) is 6.92 Å². The first kappa shape index (κ1) is 16.6. The minimum atomic E-state index is -0.332. The van der Waals surface area contributed by atoms with Crippen LogP contribution in [0.5, 0.6) is 0 Å². The molecule has 0 bridgehead atoms. The van der Waals surface area contributed by atoms with E-state index in [0.717, 1.165) is 16.8 Å². The van der Waals surface area contributed by atoms with Gasteiger partial charge in [0.25, 0.3) is 5.91 Å². The van der Waals surface area contributed by atoms with Crippen molar-refractivity contribution in [1.29, 1.82) is 0 Å². The maximum Gasteiger partial charge on any atom is 0.258 e. The molecule has 4 nitrogen and oxygen atoms in total. The van der Waals surface area contributed by atoms with Gasteiger partial charge in [-0.1, -0.05) is 53.5 Å². The number of carbonyl (C=O) groups excluding carboxylic acids is 1. The summed E-state index contributed by atoms with van der Waals surface area (Å²) in [4.78, 5) is 12.5. The van der Waals surface area contributed by atoms with Crippen LogP contribution in [0.4, 0.5) is 5.82 Å². The smallest absolute Gasteiger partial charge is 0.258 e. The van der Waals surface area contributed by atoms with Crippen LogP contribution in [0.2, 0.25) is 10.0 Å². The van der Waals surface area contributed by atoms with Gasteiger partial charge in [0.2, 0.25) is 0 Å². The predicted octanol–water partition coefficient (Wildman–Crippen LogP) is 4.95. The topological polar surface area (TPSA) is 46.9 Å². The lowest BCUT2D eigenvalue weighted by molar-refractivity contribution is 0.102. The van der Waals surface area contributed by atoms with Crippen molar-refractivity contribution in [1.82, 2.24) is 9.78 Å². The molecule has 1 amide bonds. The normalized spacial score (nSPS) is 10.7. The lowest BCUT2D eigenvalue weighted by Crippen LogP contribution is -2.15. The summed E-state index contributed by atoms with van der Waals surface area (Å²) in [5.41, 5.74) is 3.26. The molecule has 0 atom stereocenters. The van der Waals surface area contributed by atoms with E-state index < -0.39 is 0 Å². The highest BCUT2D eigenvalue weighted by atomic mass is 35.5. The summed E-state index contributed by atoms with van der Waals surface area (Å²) >= 11 is 12.1. The van der Waals surface area contributed by atoms with Gasteiger partial charge in [-0.15, -0.1) is 0 Å². The number of hydrogen-bond donors (Lipinski definition) is 1. The van der Waals surface area contributed by atoms with E-state index in [2.05, 4.69) is 10.4 Å². The van der Waals surface area contributed by atoms with Crippen LogP contribution in [0.3, 0.4) is 0 Å². The predicted molar refractivity (Wildman–Crippen MR) is 97.8 cm³/mol. The average molecular weight is 360 g/mol. The molecule has 0 aliphatic rings. The summed E-state index contributed by atoms with van der Waals surface area (Å²) in [6, 6.07) is 14.7. The first-order valence-electron chi connectivity index (χ1n) is 7.33. The zero-order chi connectivity index (χ0) is 17.3. The number of benzene rings is 2. The van der Waals surface area contributed by atoms with Gasteiger partial charge in [-0.05, 0) is 24.6 Å². The summed E-state index contributed by atoms with van der Waals surface area (Å²) in [7, 11) is 1.77. The quantitative estimate of drug-likeness (QED) is 0.718. The first-order chi connectivity index (χ1) is 11.5. The van der Waals surface area contributed by atoms with Gasteiger partial charge in [0.1, 0.15) is 5.82 Å². The Hall–Kier alpha value is -2.30. The maximum absolute atomic E-state index is 12.5. The van der Waals surface area contributed by atoms with Crippen LogP contribution in [0.15, 0.2) is 48.5 Å². The van der Waals surface area contributed by atoms with E-state index in [-0.39, 0.29) is 10.9 Å². The molecule has 1 aromatic heterocycles. The van der Waals surface area contributed by atoms with Gasteiger partial charge in [-0.2, -0.15) is 5.10 Å². The second-order valence-electron chi connectivity index (χ2n) is 5.41. The van der Waals surface area contributed by atoms with Gasteiger partial charge >= 0.3 is 0 Å². The molecule has 6 heteroatoms. The summed E-state index contributed by atoms with van der Waals surface area (Å²) < 4.78 is 1.62. The Kier molecular flexibility index (Phi) is 4.60. The van der Waals surface area contributed by atoms with E-state index >= 15 is 0 Å². The standard InChI is InChI=1S/C18H15Cl2N3O/c1-11-6-3-4-7-12(11)15-10-16(23(2)22-15)21-18(24)13-8-5-9-14(19)17(13)20/h3-10H,1-2H3,(H,21,24). The molecule has 2 aromatic carbocycles. The molecule has 1 heterocycles. The molecule has 122 valence electrons. The van der Waals surface area contributed by atoms with Gasteiger partial charge in [-0.3, -0.25) is 9.48 Å². The molecule has 0 radical (unpaired) electrons. The van der Waals surface area contributed by atoms with Crippen molar-refractivity contribution >= 4 is 34.9 Å². The Morgan fingerprint density at radius 2 is 1.88 bits per heavy atom. The van der Waals surface area contributed by atoms with E-state index in [1.54, 1.807) is 29.9 Å². The fraction of sp³-hybridized carbons (Fsp3) is 0.111. The second kappa shape index (κ2) is 6.67. The molecular weight excluding hydrogens is 345 g/mol. The van der Waals surface area contributed by atoms with Crippen molar-refractivity contribution in [3.63, 3.8) is 0 Å². The fourth-order valence-electron chi connectivity index (χ4n) is 2.44. The Morgan fingerprint density at radius 3 is 2.62 bits per heavy atom. The number of hydrogen-bond acceptors (Lipinski definition) is 2. The Bertz CT molecular complexity index is 918. The summed E-state index contributed by atoms with van der Waals surface area (Å²) in [6.45, 7) is 2.02. The van der Waals surface area contributed by atoms with E-state index in [4.69, 9.17) is 23.2 Å². The highest BCUT2D eigenvalue weighted by Gasteiger charge is 2.16. The Labute approximate surface area is 150 Å². The van der Waals surface area contributed by atoms with Crippen LogP contribution in [-0.2, 0) is 7.05 Å². The van der Waals surface area contributed by atoms with Crippen LogP contribution < -0.4 is 5.32 Å². The number of nitrogens with zero attached hydrogens (tertiary/aromatic N) is 2. The van der Waals surface area contributed by atoms with Crippen molar-refractivity contribution in [3.8, 4) is 11.3 Å². The third-order valence-corrected chi connectivity index (χ3v) is 4.56. The van der Waals surface area contributed by atoms with Crippen molar-refractivity contribution in [2.75, 3.05) is 5.32 Å². The lowest BCUT2D eigenvalue weighted by Gasteiger charge is -2.07. The molecule has 0 aliphatic carbocycles. The van der Waals surface area contributed by atoms with E-state index in [1.165, 1.54) is 0 Å². The lowest BCUT2D eigenvalue weighted by atomic mass is 10.1. The molecule has 24 heavy (non-hydrogen) atoms. The van der Waals surface area contributed by atoms with E-state index in [9.17, 15) is 4.79 Å². The number of anilines is 1. The van der Waals surface area contributed by atoms with Crippen LogP contribution in [0.1, 0.15) is 15.9 Å². The molecular formula is C18H15Cl2N3O. The Morgan fingerprint density at radius 1 is 1.12 bits per heavy atom. The SMILES string of the molecule is Cc1ccccc1-c1cc(NC(=O)c2cccc(Cl)c2Cl)n(C)n1. The van der Waals surface area contributed by atoms with E-state index in [1.807, 2.05) is 37.3 Å². The number of rotatable bonds is 3. The van der Waals surface area contributed by atoms with Crippen LogP contribution in [-0.4, -0.2) is 15.7 Å². The molecule has 0 saturated carbocycles. The number of aryl methyl sites for hydroxylation is 2. The number of nitrogens with one attached hydrogen (secondary N) is 1. The van der Waals surface area contributed by atoms with E-state index in [0.29, 0.717) is 16.4 Å². The molecule has 1 N–H and O–H groups in total. The van der Waals surface area contributed by atoms with Crippen LogP contribution in [0, 0.1) is 6.92 Å². The highest BCUT2D eigenvalue weighted by molar-refractivity contribution is 6.44. The summed E-state index contributed by atoms with van der Waals surface area (Å²) in [5, 5.41) is 7.87. The molecule has 0 saturated heterocycles. The maximum atomic E-state index is 12.5. The minimum absolute atomic E-state index is 0.234. The molecule has 3 rings (SSSR count). The zero-order valence-electron chi connectivity index (χ0n) is 13.2. The van der Waals surface area contributed by atoms with Crippen LogP contribution >= 0.6 is 23.2 Å². The largest absolute Gasteiger partial charge is 0.307 e. The summed E-state index contributed by atoms with van der Waals surface area (Å²) in [6.07, 6.45) is 0. The highest BCUT2D eigenvalue weighted by Crippen LogP contribution is 2.27.